The molecule has 0 saturated carbocycles. The van der Waals surface area contributed by atoms with E-state index in [-0.39, 0.29) is 5.97 Å². The molecule has 0 aliphatic carbocycles. The minimum absolute atomic E-state index is 0.128. The summed E-state index contributed by atoms with van der Waals surface area (Å²) < 4.78 is 4.77. The number of ether oxygens (including phenoxy) is 1. The third-order valence-corrected chi connectivity index (χ3v) is 1.27. The maximum atomic E-state index is 10.8. The normalized spacial score (nSPS) is 10.4. The average molecular weight is 156 g/mol. The van der Waals surface area contributed by atoms with Crippen LogP contribution in [0.5, 0.6) is 0 Å². The molecule has 0 amide bonds. The van der Waals surface area contributed by atoms with Crippen molar-refractivity contribution in [2.24, 2.45) is 0 Å². The van der Waals surface area contributed by atoms with Crippen LogP contribution < -0.4 is 0 Å². The maximum absolute atomic E-state index is 10.8. The van der Waals surface area contributed by atoms with Crippen LogP contribution in [0, 0.1) is 0 Å². The van der Waals surface area contributed by atoms with Gasteiger partial charge in [0.2, 0.25) is 0 Å². The van der Waals surface area contributed by atoms with E-state index < -0.39 is 0 Å². The highest BCUT2D eigenvalue weighted by molar-refractivity contribution is 5.69. The number of carbonyl (C=O) groups is 1. The lowest BCUT2D eigenvalue weighted by atomic mass is 10.3. The van der Waals surface area contributed by atoms with Crippen molar-refractivity contribution in [2.75, 3.05) is 0 Å². The van der Waals surface area contributed by atoms with Gasteiger partial charge in [-0.15, -0.1) is 0 Å². The summed E-state index contributed by atoms with van der Waals surface area (Å²) in [7, 11) is 0. The lowest BCUT2D eigenvalue weighted by Gasteiger charge is -1.95. The molecule has 0 radical (unpaired) electrons. The number of hydrogen-bond acceptors (Lipinski definition) is 2. The highest BCUT2D eigenvalue weighted by atomic mass is 16.5. The van der Waals surface area contributed by atoms with Gasteiger partial charge in [0.05, 0.1) is 6.26 Å². The molecule has 64 valence electrons. The first-order valence-electron chi connectivity index (χ1n) is 4.15. The summed E-state index contributed by atoms with van der Waals surface area (Å²) in [6.45, 7) is 4.05. The molecule has 2 heteroatoms. The number of esters is 1. The van der Waals surface area contributed by atoms with Gasteiger partial charge >= 0.3 is 5.97 Å². The van der Waals surface area contributed by atoms with Crippen molar-refractivity contribution in [1.29, 1.82) is 0 Å². The second kappa shape index (κ2) is 7.32. The summed E-state index contributed by atoms with van der Waals surface area (Å²) in [4.78, 5) is 10.8. The molecule has 11 heavy (non-hydrogen) atoms. The quantitative estimate of drug-likeness (QED) is 0.452. The molecule has 0 aromatic heterocycles. The highest BCUT2D eigenvalue weighted by Gasteiger charge is 1.97. The van der Waals surface area contributed by atoms with Crippen molar-refractivity contribution >= 4 is 5.97 Å². The molecule has 0 bridgehead atoms. The van der Waals surface area contributed by atoms with E-state index in [2.05, 4.69) is 6.92 Å². The van der Waals surface area contributed by atoms with E-state index in [1.807, 2.05) is 13.0 Å². The van der Waals surface area contributed by atoms with Gasteiger partial charge in [-0.25, -0.2) is 0 Å². The third kappa shape index (κ3) is 7.10. The fourth-order valence-electron chi connectivity index (χ4n) is 0.600. The van der Waals surface area contributed by atoms with Crippen molar-refractivity contribution < 1.29 is 9.53 Å². The van der Waals surface area contributed by atoms with E-state index in [1.54, 1.807) is 0 Å². The predicted octanol–water partition coefficient (Wildman–Crippen LogP) is 2.64. The first-order chi connectivity index (χ1) is 5.31. The minimum Gasteiger partial charge on any atom is -0.435 e. The maximum Gasteiger partial charge on any atom is 0.310 e. The van der Waals surface area contributed by atoms with Crippen LogP contribution in [0.25, 0.3) is 0 Å². The smallest absolute Gasteiger partial charge is 0.310 e. The molecule has 0 atom stereocenters. The van der Waals surface area contributed by atoms with E-state index in [9.17, 15) is 4.79 Å². The topological polar surface area (TPSA) is 26.3 Å². The fourth-order valence-corrected chi connectivity index (χ4v) is 0.600. The second-order valence-corrected chi connectivity index (χ2v) is 2.37. The third-order valence-electron chi connectivity index (χ3n) is 1.27. The van der Waals surface area contributed by atoms with Crippen LogP contribution in [0.2, 0.25) is 0 Å². The summed E-state index contributed by atoms with van der Waals surface area (Å²) in [6.07, 6.45) is 6.68. The molecule has 0 aliphatic rings. The molecule has 0 heterocycles. The largest absolute Gasteiger partial charge is 0.435 e. The van der Waals surface area contributed by atoms with Gasteiger partial charge in [-0.2, -0.15) is 0 Å². The van der Waals surface area contributed by atoms with Crippen LogP contribution in [0.15, 0.2) is 12.3 Å². The van der Waals surface area contributed by atoms with Gasteiger partial charge in [0.15, 0.2) is 0 Å². The van der Waals surface area contributed by atoms with Gasteiger partial charge in [-0.3, -0.25) is 4.79 Å². The van der Waals surface area contributed by atoms with Crippen LogP contribution in [-0.2, 0) is 9.53 Å². The lowest BCUT2D eigenvalue weighted by molar-refractivity contribution is -0.138. The molecule has 0 N–H and O–H groups in total. The van der Waals surface area contributed by atoms with Gasteiger partial charge in [-0.05, 0) is 18.9 Å². The molecule has 0 aliphatic heterocycles. The van der Waals surface area contributed by atoms with Crippen molar-refractivity contribution in [2.45, 2.75) is 39.5 Å². The molecule has 0 aromatic carbocycles. The van der Waals surface area contributed by atoms with E-state index in [1.165, 1.54) is 6.26 Å². The Morgan fingerprint density at radius 3 is 2.73 bits per heavy atom. The Balaban J connectivity index is 3.29. The van der Waals surface area contributed by atoms with Crippen LogP contribution in [-0.4, -0.2) is 5.97 Å². The molecule has 0 aromatic rings. The van der Waals surface area contributed by atoms with Gasteiger partial charge in [0, 0.05) is 6.42 Å². The Kier molecular flexibility index (Phi) is 6.79. The molecular formula is C9H16O2. The molecular weight excluding hydrogens is 140 g/mol. The molecule has 0 spiro atoms. The van der Waals surface area contributed by atoms with Crippen LogP contribution >= 0.6 is 0 Å². The van der Waals surface area contributed by atoms with Gasteiger partial charge in [0.1, 0.15) is 0 Å². The van der Waals surface area contributed by atoms with Crippen LogP contribution in [0.1, 0.15) is 39.5 Å². The number of rotatable bonds is 5. The summed E-state index contributed by atoms with van der Waals surface area (Å²) in [5.74, 6) is -0.128. The van der Waals surface area contributed by atoms with Gasteiger partial charge < -0.3 is 4.74 Å². The Hall–Kier alpha value is -0.790. The number of allylic oxidation sites excluding steroid dienone is 1. The van der Waals surface area contributed by atoms with Gasteiger partial charge in [-0.1, -0.05) is 20.3 Å². The summed E-state index contributed by atoms with van der Waals surface area (Å²) in [6, 6.07) is 0. The molecule has 0 saturated heterocycles. The second-order valence-electron chi connectivity index (χ2n) is 2.37. The summed E-state index contributed by atoms with van der Waals surface area (Å²) in [5.41, 5.74) is 0. The highest BCUT2D eigenvalue weighted by Crippen LogP contribution is 1.96. The van der Waals surface area contributed by atoms with Gasteiger partial charge in [0.25, 0.3) is 0 Å². The number of carbonyl (C=O) groups excluding carboxylic acids is 1. The van der Waals surface area contributed by atoms with E-state index in [0.29, 0.717) is 6.42 Å². The Bertz CT molecular complexity index is 128. The van der Waals surface area contributed by atoms with E-state index in [4.69, 9.17) is 4.74 Å². The number of unbranched alkanes of at least 4 members (excludes halogenated alkanes) is 1. The molecule has 0 rings (SSSR count). The fraction of sp³-hybridized carbons (Fsp3) is 0.667. The Labute approximate surface area is 68.2 Å². The summed E-state index contributed by atoms with van der Waals surface area (Å²) >= 11 is 0. The van der Waals surface area contributed by atoms with Crippen molar-refractivity contribution in [1.82, 2.24) is 0 Å². The summed E-state index contributed by atoms with van der Waals surface area (Å²) in [5, 5.41) is 0. The molecule has 0 unspecified atom stereocenters. The Morgan fingerprint density at radius 1 is 1.45 bits per heavy atom. The monoisotopic (exact) mass is 156 g/mol. The van der Waals surface area contributed by atoms with E-state index >= 15 is 0 Å². The Morgan fingerprint density at radius 2 is 2.18 bits per heavy atom. The van der Waals surface area contributed by atoms with E-state index in [0.717, 1.165) is 19.3 Å². The minimum atomic E-state index is -0.128. The van der Waals surface area contributed by atoms with Crippen LogP contribution in [0.4, 0.5) is 0 Å². The van der Waals surface area contributed by atoms with Crippen LogP contribution in [0.3, 0.4) is 0 Å². The van der Waals surface area contributed by atoms with Crippen molar-refractivity contribution in [3.05, 3.63) is 12.3 Å². The zero-order valence-corrected chi connectivity index (χ0v) is 7.30. The number of hydrogen-bond donors (Lipinski definition) is 0. The average Bonchev–Trinajstić information content (AvgIpc) is 2.01. The zero-order valence-electron chi connectivity index (χ0n) is 7.30. The first-order valence-corrected chi connectivity index (χ1v) is 4.15. The SMILES string of the molecule is CC/C=C/OC(=O)CCCC. The van der Waals surface area contributed by atoms with Crippen molar-refractivity contribution in [3.63, 3.8) is 0 Å². The predicted molar refractivity (Wildman–Crippen MR) is 45.0 cm³/mol. The molecule has 2 nitrogen and oxygen atoms in total. The first kappa shape index (κ1) is 10.2. The standard InChI is InChI=1S/C9H16O2/c1-3-5-7-9(10)11-8-6-4-2/h6,8H,3-5,7H2,1-2H3/b8-6+. The lowest BCUT2D eigenvalue weighted by Crippen LogP contribution is -1.98. The molecule has 0 fully saturated rings. The van der Waals surface area contributed by atoms with Crippen molar-refractivity contribution in [3.8, 4) is 0 Å². The zero-order chi connectivity index (χ0) is 8.53.